The van der Waals surface area contributed by atoms with Crippen LogP contribution in [-0.4, -0.2) is 54.4 Å². The largest absolute Gasteiger partial charge is 0.487 e. The summed E-state index contributed by atoms with van der Waals surface area (Å²) in [5.41, 5.74) is 1.60. The fourth-order valence-electron chi connectivity index (χ4n) is 4.65. The molecule has 2 aromatic carbocycles. The van der Waals surface area contributed by atoms with Crippen LogP contribution in [0.15, 0.2) is 42.5 Å². The van der Waals surface area contributed by atoms with E-state index < -0.39 is 0 Å². The van der Waals surface area contributed by atoms with Crippen LogP contribution in [0.25, 0.3) is 0 Å². The lowest BCUT2D eigenvalue weighted by Crippen LogP contribution is -2.52. The molecule has 2 aromatic rings. The molecule has 164 valence electrons. The second kappa shape index (κ2) is 8.33. The SMILES string of the molecule is Cc1ccc(C(=O)N2CCC3(CC2)C[C@@H](CC(=O)N(C)C)c2ccccc2O3)cc1F. The number of nitrogens with zero attached hydrogens (tertiary/aromatic N) is 2. The number of ether oxygens (including phenoxy) is 1. The molecule has 1 atom stereocenters. The summed E-state index contributed by atoms with van der Waals surface area (Å²) in [5, 5.41) is 0. The van der Waals surface area contributed by atoms with Gasteiger partial charge in [-0.15, -0.1) is 0 Å². The van der Waals surface area contributed by atoms with Gasteiger partial charge in [0.15, 0.2) is 0 Å². The molecule has 0 N–H and O–H groups in total. The number of fused-ring (bicyclic) bond motifs is 1. The van der Waals surface area contributed by atoms with Crippen molar-refractivity contribution in [3.63, 3.8) is 0 Å². The Morgan fingerprint density at radius 3 is 2.55 bits per heavy atom. The molecule has 6 heteroatoms. The van der Waals surface area contributed by atoms with Crippen LogP contribution in [0.2, 0.25) is 0 Å². The quantitative estimate of drug-likeness (QED) is 0.744. The molecule has 0 unspecified atom stereocenters. The van der Waals surface area contributed by atoms with Gasteiger partial charge in [-0.3, -0.25) is 9.59 Å². The van der Waals surface area contributed by atoms with Crippen LogP contribution in [0.5, 0.6) is 5.75 Å². The zero-order chi connectivity index (χ0) is 22.2. The van der Waals surface area contributed by atoms with Gasteiger partial charge in [-0.2, -0.15) is 0 Å². The monoisotopic (exact) mass is 424 g/mol. The average molecular weight is 425 g/mol. The summed E-state index contributed by atoms with van der Waals surface area (Å²) < 4.78 is 20.4. The number of aryl methyl sites for hydroxylation is 1. The summed E-state index contributed by atoms with van der Waals surface area (Å²) in [6, 6.07) is 12.6. The van der Waals surface area contributed by atoms with Crippen molar-refractivity contribution in [2.45, 2.75) is 44.1 Å². The minimum atomic E-state index is -0.388. The lowest BCUT2D eigenvalue weighted by atomic mass is 9.76. The van der Waals surface area contributed by atoms with Crippen LogP contribution < -0.4 is 4.74 Å². The van der Waals surface area contributed by atoms with Crippen molar-refractivity contribution in [2.24, 2.45) is 0 Å². The smallest absolute Gasteiger partial charge is 0.253 e. The number of hydrogen-bond donors (Lipinski definition) is 0. The summed E-state index contributed by atoms with van der Waals surface area (Å²) in [5.74, 6) is 0.522. The zero-order valence-corrected chi connectivity index (χ0v) is 18.4. The van der Waals surface area contributed by atoms with Crippen LogP contribution in [0.1, 0.15) is 53.1 Å². The Kier molecular flexibility index (Phi) is 5.73. The Labute approximate surface area is 182 Å². The number of likely N-dealkylation sites (tertiary alicyclic amines) is 1. The Hall–Kier alpha value is -2.89. The van der Waals surface area contributed by atoms with E-state index in [0.29, 0.717) is 43.5 Å². The molecule has 2 aliphatic heterocycles. The molecule has 1 saturated heterocycles. The van der Waals surface area contributed by atoms with Gasteiger partial charge < -0.3 is 14.5 Å². The molecule has 1 fully saturated rings. The van der Waals surface area contributed by atoms with Gasteiger partial charge in [0.05, 0.1) is 0 Å². The maximum absolute atomic E-state index is 13.9. The van der Waals surface area contributed by atoms with Crippen molar-refractivity contribution in [3.8, 4) is 5.75 Å². The topological polar surface area (TPSA) is 49.9 Å². The number of piperidine rings is 1. The van der Waals surface area contributed by atoms with E-state index in [1.165, 1.54) is 6.07 Å². The molecule has 2 aliphatic rings. The first kappa shape index (κ1) is 21.3. The van der Waals surface area contributed by atoms with Gasteiger partial charge in [-0.1, -0.05) is 24.3 Å². The van der Waals surface area contributed by atoms with E-state index in [1.807, 2.05) is 24.3 Å². The molecule has 2 heterocycles. The van der Waals surface area contributed by atoms with Crippen molar-refractivity contribution in [1.82, 2.24) is 9.80 Å². The molecule has 0 saturated carbocycles. The highest BCUT2D eigenvalue weighted by atomic mass is 19.1. The molecule has 5 nitrogen and oxygen atoms in total. The fourth-order valence-corrected chi connectivity index (χ4v) is 4.65. The molecule has 31 heavy (non-hydrogen) atoms. The molecular weight excluding hydrogens is 395 g/mol. The normalized spacial score (nSPS) is 19.5. The van der Waals surface area contributed by atoms with Gasteiger partial charge in [-0.05, 0) is 42.7 Å². The second-order valence-electron chi connectivity index (χ2n) is 8.97. The van der Waals surface area contributed by atoms with Crippen LogP contribution in [-0.2, 0) is 4.79 Å². The number of carbonyl (C=O) groups excluding carboxylic acids is 2. The molecule has 4 rings (SSSR count). The van der Waals surface area contributed by atoms with Crippen LogP contribution in [0.4, 0.5) is 4.39 Å². The maximum Gasteiger partial charge on any atom is 0.253 e. The van der Waals surface area contributed by atoms with Crippen LogP contribution in [0, 0.1) is 12.7 Å². The van der Waals surface area contributed by atoms with E-state index in [2.05, 4.69) is 0 Å². The summed E-state index contributed by atoms with van der Waals surface area (Å²) in [6.07, 6.45) is 2.58. The third-order valence-electron chi connectivity index (χ3n) is 6.60. The minimum Gasteiger partial charge on any atom is -0.487 e. The molecule has 0 aromatic heterocycles. The number of rotatable bonds is 3. The highest BCUT2D eigenvalue weighted by Gasteiger charge is 2.44. The lowest BCUT2D eigenvalue weighted by molar-refractivity contribution is -0.129. The summed E-state index contributed by atoms with van der Waals surface area (Å²) in [4.78, 5) is 28.7. The van der Waals surface area contributed by atoms with E-state index in [-0.39, 0.29) is 29.2 Å². The van der Waals surface area contributed by atoms with E-state index in [1.54, 1.807) is 43.0 Å². The van der Waals surface area contributed by atoms with Crippen molar-refractivity contribution in [1.29, 1.82) is 0 Å². The number of carbonyl (C=O) groups is 2. The fraction of sp³-hybridized carbons (Fsp3) is 0.440. The first-order chi connectivity index (χ1) is 14.8. The lowest BCUT2D eigenvalue weighted by Gasteiger charge is -2.47. The highest BCUT2D eigenvalue weighted by Crippen LogP contribution is 2.46. The minimum absolute atomic E-state index is 0.0910. The van der Waals surface area contributed by atoms with Gasteiger partial charge in [0.25, 0.3) is 5.91 Å². The van der Waals surface area contributed by atoms with Crippen LogP contribution in [0.3, 0.4) is 0 Å². The Morgan fingerprint density at radius 2 is 1.87 bits per heavy atom. The van der Waals surface area contributed by atoms with Gasteiger partial charge >= 0.3 is 0 Å². The number of para-hydroxylation sites is 1. The van der Waals surface area contributed by atoms with Crippen molar-refractivity contribution >= 4 is 11.8 Å². The number of amides is 2. The maximum atomic E-state index is 13.9. The second-order valence-corrected chi connectivity index (χ2v) is 8.97. The Balaban J connectivity index is 1.50. The van der Waals surface area contributed by atoms with E-state index in [9.17, 15) is 14.0 Å². The first-order valence-corrected chi connectivity index (χ1v) is 10.8. The Bertz CT molecular complexity index is 996. The number of halogens is 1. The van der Waals surface area contributed by atoms with E-state index in [4.69, 9.17) is 4.74 Å². The molecule has 0 radical (unpaired) electrons. The molecule has 0 bridgehead atoms. The molecule has 2 amide bonds. The van der Waals surface area contributed by atoms with Crippen LogP contribution >= 0.6 is 0 Å². The van der Waals surface area contributed by atoms with Gasteiger partial charge in [0, 0.05) is 57.9 Å². The number of benzene rings is 2. The van der Waals surface area contributed by atoms with E-state index in [0.717, 1.165) is 17.7 Å². The Morgan fingerprint density at radius 1 is 1.16 bits per heavy atom. The summed E-state index contributed by atoms with van der Waals surface area (Å²) >= 11 is 0. The summed E-state index contributed by atoms with van der Waals surface area (Å²) in [6.45, 7) is 2.78. The summed E-state index contributed by atoms with van der Waals surface area (Å²) in [7, 11) is 3.56. The standard InChI is InChI=1S/C25H29FN2O3/c1-17-8-9-18(14-21(17)26)24(30)28-12-10-25(11-13-28)16-19(15-23(29)27(2)3)20-6-4-5-7-22(20)31-25/h4-9,14,19H,10-13,15-16H2,1-3H3/t19-/m1/s1. The van der Waals surface area contributed by atoms with Gasteiger partial charge in [-0.25, -0.2) is 4.39 Å². The number of hydrogen-bond acceptors (Lipinski definition) is 3. The van der Waals surface area contributed by atoms with E-state index >= 15 is 0 Å². The predicted molar refractivity (Wildman–Crippen MR) is 117 cm³/mol. The highest BCUT2D eigenvalue weighted by molar-refractivity contribution is 5.94. The molecule has 0 aliphatic carbocycles. The first-order valence-electron chi connectivity index (χ1n) is 10.8. The van der Waals surface area contributed by atoms with Gasteiger partial charge in [0.2, 0.25) is 5.91 Å². The van der Waals surface area contributed by atoms with Gasteiger partial charge in [0.1, 0.15) is 17.2 Å². The third kappa shape index (κ3) is 4.29. The third-order valence-corrected chi connectivity index (χ3v) is 6.60. The predicted octanol–water partition coefficient (Wildman–Crippen LogP) is 4.15. The zero-order valence-electron chi connectivity index (χ0n) is 18.4. The van der Waals surface area contributed by atoms with Crippen molar-refractivity contribution in [3.05, 3.63) is 65.0 Å². The molecule has 1 spiro atoms. The van der Waals surface area contributed by atoms with Crippen molar-refractivity contribution < 1.29 is 18.7 Å². The molecular formula is C25H29FN2O3. The van der Waals surface area contributed by atoms with Crippen molar-refractivity contribution in [2.75, 3.05) is 27.2 Å². The average Bonchev–Trinajstić information content (AvgIpc) is 2.75.